The molecule has 2 aromatic rings. The maximum atomic E-state index is 12.8. The van der Waals surface area contributed by atoms with E-state index < -0.39 is 29.0 Å². The van der Waals surface area contributed by atoms with Gasteiger partial charge in [-0.1, -0.05) is 12.1 Å². The maximum Gasteiger partial charge on any atom is 0.522 e. The number of aromatic nitrogens is 3. The Morgan fingerprint density at radius 2 is 1.88 bits per heavy atom. The first kappa shape index (κ1) is 23.8. The van der Waals surface area contributed by atoms with Gasteiger partial charge in [-0.15, -0.1) is 35.0 Å². The molecular formula is C22H26ClF3N4O3. The molecule has 0 N–H and O–H groups in total. The van der Waals surface area contributed by atoms with E-state index in [1.54, 1.807) is 32.0 Å². The number of benzene rings is 1. The molecule has 0 spiro atoms. The van der Waals surface area contributed by atoms with Crippen molar-refractivity contribution in [1.29, 1.82) is 0 Å². The van der Waals surface area contributed by atoms with Crippen molar-refractivity contribution in [2.45, 2.75) is 82.5 Å². The van der Waals surface area contributed by atoms with Crippen molar-refractivity contribution < 1.29 is 27.4 Å². The summed E-state index contributed by atoms with van der Waals surface area (Å²) in [5.74, 6) is 0.595. The highest BCUT2D eigenvalue weighted by Crippen LogP contribution is 2.45. The number of nitrogens with zero attached hydrogens (tertiary/aromatic N) is 4. The second-order valence-corrected chi connectivity index (χ2v) is 10.2. The fourth-order valence-electron chi connectivity index (χ4n) is 4.33. The molecule has 1 aromatic carbocycles. The zero-order chi connectivity index (χ0) is 24.0. The van der Waals surface area contributed by atoms with E-state index in [-0.39, 0.29) is 25.9 Å². The number of hydrogen-bond acceptors (Lipinski definition) is 5. The van der Waals surface area contributed by atoms with Gasteiger partial charge in [0.15, 0.2) is 5.82 Å². The molecule has 4 rings (SSSR count). The van der Waals surface area contributed by atoms with E-state index in [9.17, 15) is 18.0 Å². The van der Waals surface area contributed by atoms with Gasteiger partial charge in [-0.25, -0.2) is 4.79 Å². The summed E-state index contributed by atoms with van der Waals surface area (Å²) in [6, 6.07) is 5.68. The van der Waals surface area contributed by atoms with Gasteiger partial charge in [0.05, 0.1) is 29.8 Å². The summed E-state index contributed by atoms with van der Waals surface area (Å²) in [6.45, 7) is 5.89. The minimum atomic E-state index is -4.65. The van der Waals surface area contributed by atoms with Crippen LogP contribution in [-0.4, -0.2) is 43.8 Å². The highest BCUT2D eigenvalue weighted by atomic mass is 35.5. The molecule has 0 bridgehead atoms. The number of carbonyl (C=O) groups is 1. The van der Waals surface area contributed by atoms with E-state index in [1.165, 1.54) is 0 Å². The number of amides is 1. The van der Waals surface area contributed by atoms with Crippen molar-refractivity contribution in [2.24, 2.45) is 0 Å². The van der Waals surface area contributed by atoms with Crippen LogP contribution in [-0.2, 0) is 27.4 Å². The third-order valence-electron chi connectivity index (χ3n) is 5.85. The van der Waals surface area contributed by atoms with Crippen LogP contribution in [0, 0.1) is 0 Å². The first-order valence-corrected chi connectivity index (χ1v) is 11.1. The van der Waals surface area contributed by atoms with Gasteiger partial charge < -0.3 is 4.74 Å². The quantitative estimate of drug-likeness (QED) is 0.529. The van der Waals surface area contributed by atoms with Gasteiger partial charge in [-0.05, 0) is 63.6 Å². The van der Waals surface area contributed by atoms with Crippen molar-refractivity contribution >= 4 is 17.7 Å². The third kappa shape index (κ3) is 5.43. The first-order chi connectivity index (χ1) is 15.3. The van der Waals surface area contributed by atoms with Crippen molar-refractivity contribution in [1.82, 2.24) is 19.7 Å². The number of carbonyl (C=O) groups excluding carboxylic acids is 1. The van der Waals surface area contributed by atoms with Crippen LogP contribution in [0.3, 0.4) is 0 Å². The van der Waals surface area contributed by atoms with E-state index in [1.807, 2.05) is 22.8 Å². The molecule has 0 atom stereocenters. The Labute approximate surface area is 194 Å². The van der Waals surface area contributed by atoms with Crippen LogP contribution < -0.4 is 0 Å². The smallest absolute Gasteiger partial charge is 0.444 e. The maximum absolute atomic E-state index is 12.8. The topological polar surface area (TPSA) is 69.5 Å². The fourth-order valence-corrected chi connectivity index (χ4v) is 4.66. The highest BCUT2D eigenvalue weighted by Gasteiger charge is 2.41. The van der Waals surface area contributed by atoms with Crippen LogP contribution in [0.2, 0.25) is 0 Å². The molecule has 1 aliphatic heterocycles. The normalized spacial score (nSPS) is 23.5. The van der Waals surface area contributed by atoms with Crippen molar-refractivity contribution in [3.05, 3.63) is 41.5 Å². The van der Waals surface area contributed by atoms with Crippen LogP contribution in [0.25, 0.3) is 5.69 Å². The van der Waals surface area contributed by atoms with Crippen LogP contribution in [0.5, 0.6) is 0 Å². The molecule has 0 saturated heterocycles. The minimum Gasteiger partial charge on any atom is -0.444 e. The predicted molar refractivity (Wildman–Crippen MR) is 114 cm³/mol. The molecule has 1 aromatic heterocycles. The average Bonchev–Trinajstić information content (AvgIpc) is 3.09. The number of rotatable bonds is 2. The lowest BCUT2D eigenvalue weighted by Gasteiger charge is -2.36. The summed E-state index contributed by atoms with van der Waals surface area (Å²) in [6.07, 6.45) is -3.31. The molecule has 1 amide bonds. The molecule has 1 fully saturated rings. The van der Waals surface area contributed by atoms with Gasteiger partial charge >= 0.3 is 12.5 Å². The zero-order valence-corrected chi connectivity index (χ0v) is 19.4. The molecule has 180 valence electrons. The molecule has 7 nitrogen and oxygen atoms in total. The number of alkyl halides is 4. The summed E-state index contributed by atoms with van der Waals surface area (Å²) in [5.41, 5.74) is 1.79. The van der Waals surface area contributed by atoms with Crippen molar-refractivity contribution in [2.75, 3.05) is 0 Å². The number of fused-ring (bicyclic) bond motifs is 3. The Balaban J connectivity index is 1.60. The average molecular weight is 487 g/mol. The van der Waals surface area contributed by atoms with Gasteiger partial charge in [0.2, 0.25) is 0 Å². The van der Waals surface area contributed by atoms with Gasteiger partial charge in [-0.2, -0.15) is 0 Å². The minimum absolute atomic E-state index is 0.208. The highest BCUT2D eigenvalue weighted by molar-refractivity contribution is 6.24. The lowest BCUT2D eigenvalue weighted by molar-refractivity contribution is -0.345. The fraction of sp³-hybridized carbons (Fsp3) is 0.591. The van der Waals surface area contributed by atoms with Gasteiger partial charge in [0.25, 0.3) is 0 Å². The monoisotopic (exact) mass is 486 g/mol. The number of hydrogen-bond donors (Lipinski definition) is 0. The Morgan fingerprint density at radius 1 is 1.18 bits per heavy atom. The Kier molecular flexibility index (Phi) is 6.11. The summed E-state index contributed by atoms with van der Waals surface area (Å²) in [4.78, 5) is 13.6. The molecule has 2 heterocycles. The third-order valence-corrected chi connectivity index (χ3v) is 6.44. The van der Waals surface area contributed by atoms with E-state index >= 15 is 0 Å². The van der Waals surface area contributed by atoms with Gasteiger partial charge in [-0.3, -0.25) is 14.2 Å². The molecular weight excluding hydrogens is 461 g/mol. The summed E-state index contributed by atoms with van der Waals surface area (Å²) < 4.78 is 49.3. The molecule has 1 saturated carbocycles. The summed E-state index contributed by atoms with van der Waals surface area (Å²) >= 11 is 6.91. The van der Waals surface area contributed by atoms with Crippen LogP contribution in [0.1, 0.15) is 63.4 Å². The van der Waals surface area contributed by atoms with E-state index in [0.717, 1.165) is 16.8 Å². The Bertz CT molecular complexity index is 1030. The van der Waals surface area contributed by atoms with Crippen molar-refractivity contribution in [3.8, 4) is 5.69 Å². The molecule has 2 aliphatic rings. The SMILES string of the molecule is CC(C)(C)OC(=O)N1Cc2cc(C3(Cl)CCC(OC(F)(F)F)CC3)ccc2-n2cnnc2C1. The van der Waals surface area contributed by atoms with Crippen LogP contribution in [0.15, 0.2) is 24.5 Å². The van der Waals surface area contributed by atoms with E-state index in [4.69, 9.17) is 16.3 Å². The Morgan fingerprint density at radius 3 is 2.52 bits per heavy atom. The molecule has 0 unspecified atom stereocenters. The second-order valence-electron chi connectivity index (χ2n) is 9.53. The van der Waals surface area contributed by atoms with Gasteiger partial charge in [0, 0.05) is 0 Å². The molecule has 33 heavy (non-hydrogen) atoms. The van der Waals surface area contributed by atoms with Crippen LogP contribution in [0.4, 0.5) is 18.0 Å². The number of halogens is 4. The number of ether oxygens (including phenoxy) is 2. The molecule has 1 aliphatic carbocycles. The predicted octanol–water partition coefficient (Wildman–Crippen LogP) is 5.43. The van der Waals surface area contributed by atoms with E-state index in [0.29, 0.717) is 18.7 Å². The largest absolute Gasteiger partial charge is 0.522 e. The Hall–Kier alpha value is -2.33. The summed E-state index contributed by atoms with van der Waals surface area (Å²) in [7, 11) is 0. The first-order valence-electron chi connectivity index (χ1n) is 10.8. The van der Waals surface area contributed by atoms with E-state index in [2.05, 4.69) is 14.9 Å². The second kappa shape index (κ2) is 8.47. The zero-order valence-electron chi connectivity index (χ0n) is 18.7. The lowest BCUT2D eigenvalue weighted by atomic mass is 9.81. The standard InChI is InChI=1S/C22H26ClF3N4O3/c1-20(2,3)33-19(31)29-11-14-10-15(4-5-17(14)30-13-27-28-18(30)12-29)21(23)8-6-16(7-9-21)32-22(24,25)26/h4-5,10,13,16H,6-9,11-12H2,1-3H3. The van der Waals surface area contributed by atoms with Gasteiger partial charge in [0.1, 0.15) is 11.9 Å². The molecule has 0 radical (unpaired) electrons. The van der Waals surface area contributed by atoms with Crippen LogP contribution >= 0.6 is 11.6 Å². The van der Waals surface area contributed by atoms with Crippen molar-refractivity contribution in [3.63, 3.8) is 0 Å². The molecule has 11 heteroatoms. The lowest BCUT2D eigenvalue weighted by Crippen LogP contribution is -2.36. The summed E-state index contributed by atoms with van der Waals surface area (Å²) in [5, 5.41) is 8.12.